The zero-order chi connectivity index (χ0) is 26.3. The summed E-state index contributed by atoms with van der Waals surface area (Å²) in [7, 11) is -0.387. The van der Waals surface area contributed by atoms with E-state index in [2.05, 4.69) is 154 Å². The van der Waals surface area contributed by atoms with Gasteiger partial charge < -0.3 is 14.2 Å². The van der Waals surface area contributed by atoms with Crippen molar-refractivity contribution >= 4 is 40.4 Å². The molecule has 1 aliphatic heterocycles. The highest BCUT2D eigenvalue weighted by Crippen LogP contribution is 2.39. The van der Waals surface area contributed by atoms with Crippen LogP contribution in [0.3, 0.4) is 0 Å². The molecule has 5 aromatic carbocycles. The fraction of sp³-hybridized carbons (Fsp3) is 0.176. The van der Waals surface area contributed by atoms with Gasteiger partial charge in [0, 0.05) is 17.1 Å². The average molecular weight is 497 g/mol. The van der Waals surface area contributed by atoms with Gasteiger partial charge in [0.2, 0.25) is 0 Å². The zero-order valence-electron chi connectivity index (χ0n) is 22.4. The monoisotopic (exact) mass is 497 g/mol. The lowest BCUT2D eigenvalue weighted by Crippen LogP contribution is -2.41. The molecule has 0 bridgehead atoms. The number of benzene rings is 5. The van der Waals surface area contributed by atoms with E-state index in [0.29, 0.717) is 0 Å². The number of anilines is 3. The van der Waals surface area contributed by atoms with Crippen molar-refractivity contribution in [3.63, 3.8) is 0 Å². The van der Waals surface area contributed by atoms with Gasteiger partial charge in [-0.25, -0.2) is 0 Å². The van der Waals surface area contributed by atoms with Crippen LogP contribution in [0.15, 0.2) is 121 Å². The maximum atomic E-state index is 6.32. The normalized spacial score (nSPS) is 16.1. The fourth-order valence-corrected chi connectivity index (χ4v) is 5.01. The zero-order valence-corrected chi connectivity index (χ0v) is 22.4. The molecule has 1 aliphatic rings. The lowest BCUT2D eigenvalue weighted by atomic mass is 9.78. The van der Waals surface area contributed by atoms with Crippen molar-refractivity contribution in [2.75, 3.05) is 4.90 Å². The average Bonchev–Trinajstić information content (AvgIpc) is 3.16. The minimum Gasteiger partial charge on any atom is -0.399 e. The van der Waals surface area contributed by atoms with E-state index in [1.54, 1.807) is 0 Å². The van der Waals surface area contributed by atoms with E-state index in [1.807, 2.05) is 0 Å². The van der Waals surface area contributed by atoms with Crippen molar-refractivity contribution < 1.29 is 9.31 Å². The molecule has 4 heteroatoms. The maximum Gasteiger partial charge on any atom is 0.494 e. The van der Waals surface area contributed by atoms with Gasteiger partial charge in [-0.3, -0.25) is 0 Å². The van der Waals surface area contributed by atoms with E-state index in [0.717, 1.165) is 33.7 Å². The Bertz CT molecular complexity index is 1580. The summed E-state index contributed by atoms with van der Waals surface area (Å²) in [5.41, 5.74) is 5.90. The van der Waals surface area contributed by atoms with E-state index >= 15 is 0 Å². The quantitative estimate of drug-likeness (QED) is 0.228. The van der Waals surface area contributed by atoms with Gasteiger partial charge in [0.1, 0.15) is 0 Å². The number of hydrogen-bond acceptors (Lipinski definition) is 3. The molecule has 6 rings (SSSR count). The molecule has 0 atom stereocenters. The lowest BCUT2D eigenvalue weighted by molar-refractivity contribution is 0.00578. The Morgan fingerprint density at radius 1 is 0.500 bits per heavy atom. The van der Waals surface area contributed by atoms with E-state index in [-0.39, 0.29) is 18.3 Å². The number of hydrogen-bond donors (Lipinski definition) is 0. The number of para-hydroxylation sites is 1. The van der Waals surface area contributed by atoms with E-state index in [4.69, 9.17) is 9.31 Å². The second-order valence-electron chi connectivity index (χ2n) is 11.0. The predicted molar refractivity (Wildman–Crippen MR) is 160 cm³/mol. The number of fused-ring (bicyclic) bond motifs is 1. The lowest BCUT2D eigenvalue weighted by Gasteiger charge is -2.32. The summed E-state index contributed by atoms with van der Waals surface area (Å²) in [6.45, 7) is 8.35. The summed E-state index contributed by atoms with van der Waals surface area (Å²) >= 11 is 0. The van der Waals surface area contributed by atoms with Gasteiger partial charge in [0.25, 0.3) is 0 Å². The van der Waals surface area contributed by atoms with Crippen molar-refractivity contribution in [2.24, 2.45) is 0 Å². The van der Waals surface area contributed by atoms with Gasteiger partial charge >= 0.3 is 7.12 Å². The second-order valence-corrected chi connectivity index (χ2v) is 11.0. The van der Waals surface area contributed by atoms with Gasteiger partial charge in [-0.2, -0.15) is 0 Å². The fourth-order valence-electron chi connectivity index (χ4n) is 5.01. The van der Waals surface area contributed by atoms with Crippen LogP contribution in [-0.2, 0) is 9.31 Å². The molecule has 0 amide bonds. The molecule has 0 N–H and O–H groups in total. The maximum absolute atomic E-state index is 6.32. The Balaban J connectivity index is 1.40. The Morgan fingerprint density at radius 2 is 1.08 bits per heavy atom. The summed E-state index contributed by atoms with van der Waals surface area (Å²) in [5.74, 6) is 0. The van der Waals surface area contributed by atoms with E-state index < -0.39 is 0 Å². The summed E-state index contributed by atoms with van der Waals surface area (Å²) in [6, 6.07) is 42.9. The largest absolute Gasteiger partial charge is 0.494 e. The molecule has 38 heavy (non-hydrogen) atoms. The van der Waals surface area contributed by atoms with Crippen LogP contribution in [0.1, 0.15) is 27.7 Å². The Kier molecular flexibility index (Phi) is 6.10. The highest BCUT2D eigenvalue weighted by atomic mass is 16.7. The van der Waals surface area contributed by atoms with Gasteiger partial charge in [0.05, 0.1) is 11.2 Å². The van der Waals surface area contributed by atoms with E-state index in [9.17, 15) is 0 Å². The molecule has 0 radical (unpaired) electrons. The first-order valence-corrected chi connectivity index (χ1v) is 13.2. The summed E-state index contributed by atoms with van der Waals surface area (Å²) in [6.07, 6.45) is 0. The van der Waals surface area contributed by atoms with Crippen LogP contribution < -0.4 is 10.4 Å². The first-order valence-electron chi connectivity index (χ1n) is 13.2. The molecule has 1 saturated heterocycles. The molecule has 1 heterocycles. The summed E-state index contributed by atoms with van der Waals surface area (Å²) in [4.78, 5) is 2.31. The van der Waals surface area contributed by atoms with Crippen molar-refractivity contribution in [1.82, 2.24) is 0 Å². The Hall–Kier alpha value is -3.86. The third-order valence-electron chi connectivity index (χ3n) is 7.86. The first-order chi connectivity index (χ1) is 18.3. The van der Waals surface area contributed by atoms with E-state index in [1.165, 1.54) is 10.8 Å². The van der Waals surface area contributed by atoms with Crippen LogP contribution in [0.2, 0.25) is 0 Å². The van der Waals surface area contributed by atoms with Crippen LogP contribution >= 0.6 is 0 Å². The topological polar surface area (TPSA) is 21.7 Å². The smallest absolute Gasteiger partial charge is 0.399 e. The number of nitrogens with zero attached hydrogens (tertiary/aromatic N) is 1. The van der Waals surface area contributed by atoms with Crippen LogP contribution in [0.4, 0.5) is 17.1 Å². The van der Waals surface area contributed by atoms with Crippen LogP contribution in [0.25, 0.3) is 21.9 Å². The molecular formula is C34H32BNO2. The van der Waals surface area contributed by atoms with Crippen molar-refractivity contribution in [3.8, 4) is 11.1 Å². The molecular weight excluding hydrogens is 465 g/mol. The molecule has 0 aromatic heterocycles. The predicted octanol–water partition coefficient (Wildman–Crippen LogP) is 8.28. The summed E-state index contributed by atoms with van der Waals surface area (Å²) in [5, 5.41) is 2.45. The number of rotatable bonds is 5. The van der Waals surface area contributed by atoms with Crippen molar-refractivity contribution in [2.45, 2.75) is 38.9 Å². The standard InChI is InChI=1S/C34H32BNO2/c1-33(2)34(3,4)38-35(37-33)29-16-10-14-26(22-29)28-15-11-19-31(24-28)36(30-17-6-5-7-18-30)32-21-20-25-12-8-9-13-27(25)23-32/h5-24H,1-4H3. The highest BCUT2D eigenvalue weighted by Gasteiger charge is 2.51. The highest BCUT2D eigenvalue weighted by molar-refractivity contribution is 6.62. The third-order valence-corrected chi connectivity index (χ3v) is 7.86. The Labute approximate surface area is 225 Å². The molecule has 1 fully saturated rings. The first kappa shape index (κ1) is 24.5. The van der Waals surface area contributed by atoms with Crippen molar-refractivity contribution in [3.05, 3.63) is 121 Å². The Morgan fingerprint density at radius 3 is 1.82 bits per heavy atom. The van der Waals surface area contributed by atoms with Crippen LogP contribution in [-0.4, -0.2) is 18.3 Å². The van der Waals surface area contributed by atoms with Gasteiger partial charge in [-0.1, -0.05) is 84.9 Å². The molecule has 5 aromatic rings. The molecule has 0 saturated carbocycles. The van der Waals surface area contributed by atoms with Crippen molar-refractivity contribution in [1.29, 1.82) is 0 Å². The molecule has 188 valence electrons. The SMILES string of the molecule is CC1(C)OB(c2cccc(-c3cccc(N(c4ccccc4)c4ccc5ccccc5c4)c3)c2)OC1(C)C. The third kappa shape index (κ3) is 4.51. The summed E-state index contributed by atoms with van der Waals surface area (Å²) < 4.78 is 12.6. The van der Waals surface area contributed by atoms with Gasteiger partial charge in [0.15, 0.2) is 0 Å². The second kappa shape index (κ2) is 9.47. The van der Waals surface area contributed by atoms with Gasteiger partial charge in [-0.15, -0.1) is 0 Å². The minimum atomic E-state index is -0.387. The molecule has 0 spiro atoms. The minimum absolute atomic E-state index is 0.371. The molecule has 0 aliphatic carbocycles. The molecule has 3 nitrogen and oxygen atoms in total. The molecule has 0 unspecified atom stereocenters. The van der Waals surface area contributed by atoms with Crippen LogP contribution in [0, 0.1) is 0 Å². The van der Waals surface area contributed by atoms with Crippen LogP contribution in [0.5, 0.6) is 0 Å². The van der Waals surface area contributed by atoms with Gasteiger partial charge in [-0.05, 0) is 91.5 Å².